The third kappa shape index (κ3) is 4.71. The van der Waals surface area contributed by atoms with Crippen molar-refractivity contribution in [1.29, 1.82) is 0 Å². The summed E-state index contributed by atoms with van der Waals surface area (Å²) in [6, 6.07) is 10.2. The summed E-state index contributed by atoms with van der Waals surface area (Å²) >= 11 is 0. The molecule has 134 valence electrons. The van der Waals surface area contributed by atoms with Crippen LogP contribution in [0.25, 0.3) is 0 Å². The quantitative estimate of drug-likeness (QED) is 0.840. The van der Waals surface area contributed by atoms with Gasteiger partial charge in [-0.25, -0.2) is 4.79 Å². The summed E-state index contributed by atoms with van der Waals surface area (Å²) in [5, 5.41) is 13.8. The Morgan fingerprint density at radius 2 is 1.96 bits per heavy atom. The molecule has 0 bridgehead atoms. The van der Waals surface area contributed by atoms with Crippen molar-refractivity contribution in [3.63, 3.8) is 0 Å². The summed E-state index contributed by atoms with van der Waals surface area (Å²) in [4.78, 5) is 16.4. The number of nitrogens with zero attached hydrogens (tertiary/aromatic N) is 2. The van der Waals surface area contributed by atoms with Crippen LogP contribution in [0.2, 0.25) is 0 Å². The molecule has 0 unspecified atom stereocenters. The lowest BCUT2D eigenvalue weighted by Gasteiger charge is -2.38. The molecule has 0 aliphatic carbocycles. The molecule has 0 radical (unpaired) electrons. The number of urea groups is 1. The predicted molar refractivity (Wildman–Crippen MR) is 96.9 cm³/mol. The molecule has 2 N–H and O–H groups in total. The van der Waals surface area contributed by atoms with Crippen molar-refractivity contribution in [3.05, 3.63) is 35.9 Å². The third-order valence-electron chi connectivity index (χ3n) is 5.28. The monoisotopic (exact) mass is 333 g/mol. The van der Waals surface area contributed by atoms with Gasteiger partial charge in [-0.1, -0.05) is 37.3 Å². The number of nitrogens with one attached hydrogen (secondary N) is 1. The van der Waals surface area contributed by atoms with Gasteiger partial charge in [0.05, 0.1) is 5.60 Å². The van der Waals surface area contributed by atoms with Gasteiger partial charge in [0.2, 0.25) is 0 Å². The molecule has 1 aliphatic rings. The van der Waals surface area contributed by atoms with Gasteiger partial charge in [0.15, 0.2) is 0 Å². The highest BCUT2D eigenvalue weighted by atomic mass is 16.3. The van der Waals surface area contributed by atoms with Crippen LogP contribution in [-0.4, -0.2) is 60.2 Å². The van der Waals surface area contributed by atoms with E-state index < -0.39 is 5.60 Å². The second-order valence-electron chi connectivity index (χ2n) is 6.83. The Morgan fingerprint density at radius 3 is 2.54 bits per heavy atom. The molecule has 1 aliphatic heterocycles. The van der Waals surface area contributed by atoms with E-state index >= 15 is 0 Å². The molecule has 1 aromatic carbocycles. The summed E-state index contributed by atoms with van der Waals surface area (Å²) in [7, 11) is 2.10. The van der Waals surface area contributed by atoms with Crippen LogP contribution >= 0.6 is 0 Å². The maximum Gasteiger partial charge on any atom is 0.317 e. The number of hydrogen-bond donors (Lipinski definition) is 2. The highest BCUT2D eigenvalue weighted by Crippen LogP contribution is 2.32. The number of carbonyl (C=O) groups excluding carboxylic acids is 1. The van der Waals surface area contributed by atoms with Crippen LogP contribution in [0.4, 0.5) is 4.79 Å². The van der Waals surface area contributed by atoms with Gasteiger partial charge < -0.3 is 20.2 Å². The van der Waals surface area contributed by atoms with Crippen LogP contribution in [0.1, 0.15) is 38.7 Å². The Labute approximate surface area is 145 Å². The molecule has 0 aromatic heterocycles. The van der Waals surface area contributed by atoms with Crippen molar-refractivity contribution in [2.24, 2.45) is 0 Å². The van der Waals surface area contributed by atoms with Crippen molar-refractivity contribution in [1.82, 2.24) is 15.1 Å². The summed E-state index contributed by atoms with van der Waals surface area (Å²) in [5.74, 6) is 0. The largest absolute Gasteiger partial charge is 0.385 e. The second kappa shape index (κ2) is 8.49. The number of hydrogen-bond acceptors (Lipinski definition) is 3. The van der Waals surface area contributed by atoms with E-state index in [9.17, 15) is 9.90 Å². The average molecular weight is 333 g/mol. The lowest BCUT2D eigenvalue weighted by molar-refractivity contribution is -0.0168. The van der Waals surface area contributed by atoms with Gasteiger partial charge in [0.25, 0.3) is 0 Å². The number of rotatable bonds is 6. The second-order valence-corrected chi connectivity index (χ2v) is 6.83. The van der Waals surface area contributed by atoms with Gasteiger partial charge in [-0.05, 0) is 45.3 Å². The van der Waals surface area contributed by atoms with Crippen LogP contribution < -0.4 is 5.32 Å². The first-order valence-corrected chi connectivity index (χ1v) is 8.97. The van der Waals surface area contributed by atoms with E-state index in [-0.39, 0.29) is 6.03 Å². The molecule has 1 heterocycles. The zero-order valence-electron chi connectivity index (χ0n) is 15.2. The summed E-state index contributed by atoms with van der Waals surface area (Å²) in [5.41, 5.74) is 0.137. The molecule has 1 saturated heterocycles. The zero-order chi connectivity index (χ0) is 17.6. The molecule has 24 heavy (non-hydrogen) atoms. The van der Waals surface area contributed by atoms with Crippen LogP contribution in [0.15, 0.2) is 30.3 Å². The SMILES string of the molecule is CCN(C)[C@H](C)CCNC(=O)N1CCC(O)(c2ccccc2)CC1. The number of piperidine rings is 1. The molecule has 5 heteroatoms. The standard InChI is InChI=1S/C19H31N3O2/c1-4-21(3)16(2)10-13-20-18(23)22-14-11-19(24,12-15-22)17-8-6-5-7-9-17/h5-9,16,24H,4,10-15H2,1-3H3,(H,20,23)/t16-/m1/s1. The maximum atomic E-state index is 12.3. The van der Waals surface area contributed by atoms with E-state index in [4.69, 9.17) is 0 Å². The summed E-state index contributed by atoms with van der Waals surface area (Å²) < 4.78 is 0. The Morgan fingerprint density at radius 1 is 1.33 bits per heavy atom. The van der Waals surface area contributed by atoms with Crippen molar-refractivity contribution < 1.29 is 9.90 Å². The first kappa shape index (κ1) is 18.7. The maximum absolute atomic E-state index is 12.3. The first-order valence-electron chi connectivity index (χ1n) is 8.97. The van der Waals surface area contributed by atoms with Crippen molar-refractivity contribution in [2.75, 3.05) is 33.2 Å². The number of likely N-dealkylation sites (tertiary alicyclic amines) is 1. The van der Waals surface area contributed by atoms with Gasteiger partial charge in [-0.15, -0.1) is 0 Å². The predicted octanol–water partition coefficient (Wildman–Crippen LogP) is 2.41. The fourth-order valence-corrected chi connectivity index (χ4v) is 3.15. The molecular formula is C19H31N3O2. The molecule has 0 saturated carbocycles. The number of carbonyl (C=O) groups is 1. The lowest BCUT2D eigenvalue weighted by Crippen LogP contribution is -2.49. The Balaban J connectivity index is 1.77. The van der Waals surface area contributed by atoms with E-state index in [0.29, 0.717) is 38.5 Å². The number of amides is 2. The van der Waals surface area contributed by atoms with Gasteiger partial charge in [-0.2, -0.15) is 0 Å². The van der Waals surface area contributed by atoms with Gasteiger partial charge in [-0.3, -0.25) is 0 Å². The smallest absolute Gasteiger partial charge is 0.317 e. The molecule has 5 nitrogen and oxygen atoms in total. The number of benzene rings is 1. The Hall–Kier alpha value is -1.59. The fourth-order valence-electron chi connectivity index (χ4n) is 3.15. The Kier molecular flexibility index (Phi) is 6.63. The summed E-state index contributed by atoms with van der Waals surface area (Å²) in [6.45, 7) is 7.18. The lowest BCUT2D eigenvalue weighted by atomic mass is 9.84. The van der Waals surface area contributed by atoms with E-state index in [2.05, 4.69) is 31.1 Å². The molecular weight excluding hydrogens is 302 g/mol. The molecule has 1 fully saturated rings. The molecule has 1 atom stereocenters. The molecule has 2 amide bonds. The van der Waals surface area contributed by atoms with E-state index in [1.165, 1.54) is 0 Å². The van der Waals surface area contributed by atoms with Crippen LogP contribution in [-0.2, 0) is 5.60 Å². The van der Waals surface area contributed by atoms with Gasteiger partial charge in [0.1, 0.15) is 0 Å². The Bertz CT molecular complexity index is 513. The third-order valence-corrected chi connectivity index (χ3v) is 5.28. The highest BCUT2D eigenvalue weighted by Gasteiger charge is 2.35. The van der Waals surface area contributed by atoms with Gasteiger partial charge >= 0.3 is 6.03 Å². The van der Waals surface area contributed by atoms with Gasteiger partial charge in [0, 0.05) is 25.7 Å². The number of aliphatic hydroxyl groups is 1. The highest BCUT2D eigenvalue weighted by molar-refractivity contribution is 5.74. The van der Waals surface area contributed by atoms with Crippen LogP contribution in [0.5, 0.6) is 0 Å². The van der Waals surface area contributed by atoms with E-state index in [1.54, 1.807) is 0 Å². The first-order chi connectivity index (χ1) is 11.5. The van der Waals surface area contributed by atoms with E-state index in [1.807, 2.05) is 35.2 Å². The molecule has 0 spiro atoms. The van der Waals surface area contributed by atoms with Crippen LogP contribution in [0.3, 0.4) is 0 Å². The molecule has 2 rings (SSSR count). The van der Waals surface area contributed by atoms with Crippen molar-refractivity contribution in [2.45, 2.75) is 44.8 Å². The van der Waals surface area contributed by atoms with Crippen molar-refractivity contribution in [3.8, 4) is 0 Å². The van der Waals surface area contributed by atoms with E-state index in [0.717, 1.165) is 18.5 Å². The minimum atomic E-state index is -0.809. The average Bonchev–Trinajstić information content (AvgIpc) is 2.62. The minimum absolute atomic E-state index is 0.0172. The normalized spacial score (nSPS) is 18.5. The van der Waals surface area contributed by atoms with Crippen molar-refractivity contribution >= 4 is 6.03 Å². The minimum Gasteiger partial charge on any atom is -0.385 e. The topological polar surface area (TPSA) is 55.8 Å². The fraction of sp³-hybridized carbons (Fsp3) is 0.632. The van der Waals surface area contributed by atoms with Crippen LogP contribution in [0, 0.1) is 0 Å². The summed E-state index contributed by atoms with van der Waals surface area (Å²) in [6.07, 6.45) is 2.11. The molecule has 1 aromatic rings. The zero-order valence-corrected chi connectivity index (χ0v) is 15.2.